The first-order valence-electron chi connectivity index (χ1n) is 9.68. The second kappa shape index (κ2) is 8.91. The molecule has 1 aliphatic heterocycles. The second-order valence-electron chi connectivity index (χ2n) is 7.16. The van der Waals surface area contributed by atoms with E-state index in [4.69, 9.17) is 4.74 Å². The molecule has 10 heteroatoms. The standard InChI is InChI=1S/C19H27N5O4S/c1-14-7-4-5-11-23(14)29(26,27)12-10-20-19(25)18-15(2)24(22-21-18)16-8-6-9-17(13-16)28-3/h6,8-9,13-14H,4-5,7,10-12H2,1-3H3,(H,20,25)/t14-/m1/s1. The highest BCUT2D eigenvalue weighted by molar-refractivity contribution is 7.89. The van der Waals surface area contributed by atoms with Crippen LogP contribution in [0.1, 0.15) is 42.4 Å². The molecule has 1 aliphatic rings. The number of hydrogen-bond acceptors (Lipinski definition) is 6. The van der Waals surface area contributed by atoms with Gasteiger partial charge in [-0.2, -0.15) is 4.31 Å². The van der Waals surface area contributed by atoms with E-state index in [1.807, 2.05) is 25.1 Å². The Hall–Kier alpha value is -2.46. The SMILES string of the molecule is COc1cccc(-n2nnc(C(=O)NCCS(=O)(=O)N3CCCC[C@H]3C)c2C)c1. The lowest BCUT2D eigenvalue weighted by molar-refractivity contribution is 0.0950. The van der Waals surface area contributed by atoms with Gasteiger partial charge >= 0.3 is 0 Å². The quantitative estimate of drug-likeness (QED) is 0.726. The molecule has 1 N–H and O–H groups in total. The van der Waals surface area contributed by atoms with Crippen molar-refractivity contribution in [2.75, 3.05) is 26.0 Å². The maximum absolute atomic E-state index is 12.6. The number of aromatic nitrogens is 3. The number of methoxy groups -OCH3 is 1. The molecule has 1 aromatic carbocycles. The first-order valence-corrected chi connectivity index (χ1v) is 11.3. The van der Waals surface area contributed by atoms with Crippen LogP contribution < -0.4 is 10.1 Å². The fraction of sp³-hybridized carbons (Fsp3) is 0.526. The highest BCUT2D eigenvalue weighted by atomic mass is 32.2. The number of nitrogens with one attached hydrogen (secondary N) is 1. The average Bonchev–Trinajstić information content (AvgIpc) is 3.09. The van der Waals surface area contributed by atoms with Crippen molar-refractivity contribution in [3.05, 3.63) is 35.7 Å². The highest BCUT2D eigenvalue weighted by Crippen LogP contribution is 2.20. The van der Waals surface area contributed by atoms with Crippen LogP contribution in [0.25, 0.3) is 5.69 Å². The highest BCUT2D eigenvalue weighted by Gasteiger charge is 2.29. The molecule has 1 aromatic heterocycles. The third kappa shape index (κ3) is 4.76. The van der Waals surface area contributed by atoms with Gasteiger partial charge in [0.25, 0.3) is 5.91 Å². The lowest BCUT2D eigenvalue weighted by atomic mass is 10.1. The Morgan fingerprint density at radius 2 is 2.14 bits per heavy atom. The van der Waals surface area contributed by atoms with Crippen molar-refractivity contribution < 1.29 is 17.9 Å². The predicted molar refractivity (Wildman–Crippen MR) is 109 cm³/mol. The number of benzene rings is 1. The number of ether oxygens (including phenoxy) is 1. The van der Waals surface area contributed by atoms with E-state index in [2.05, 4.69) is 15.6 Å². The Bertz CT molecular complexity index is 973. The fourth-order valence-electron chi connectivity index (χ4n) is 3.51. The number of piperidine rings is 1. The maximum Gasteiger partial charge on any atom is 0.273 e. The Balaban J connectivity index is 1.63. The van der Waals surface area contributed by atoms with Gasteiger partial charge < -0.3 is 10.1 Å². The number of sulfonamides is 1. The van der Waals surface area contributed by atoms with Crippen LogP contribution in [-0.2, 0) is 10.0 Å². The summed E-state index contributed by atoms with van der Waals surface area (Å²) >= 11 is 0. The minimum absolute atomic E-state index is 0.00876. The van der Waals surface area contributed by atoms with Crippen LogP contribution >= 0.6 is 0 Å². The van der Waals surface area contributed by atoms with E-state index in [1.54, 1.807) is 29.1 Å². The Morgan fingerprint density at radius 3 is 2.86 bits per heavy atom. The van der Waals surface area contributed by atoms with Gasteiger partial charge in [-0.25, -0.2) is 13.1 Å². The molecule has 3 rings (SSSR count). The summed E-state index contributed by atoms with van der Waals surface area (Å²) < 4.78 is 33.4. The van der Waals surface area contributed by atoms with Crippen molar-refractivity contribution in [3.8, 4) is 11.4 Å². The van der Waals surface area contributed by atoms with Crippen LogP contribution in [0, 0.1) is 6.92 Å². The fourth-order valence-corrected chi connectivity index (χ4v) is 5.16. The van der Waals surface area contributed by atoms with E-state index in [-0.39, 0.29) is 24.0 Å². The summed E-state index contributed by atoms with van der Waals surface area (Å²) in [5, 5.41) is 10.7. The molecule has 1 fully saturated rings. The molecule has 0 radical (unpaired) electrons. The van der Waals surface area contributed by atoms with E-state index in [0.29, 0.717) is 18.0 Å². The van der Waals surface area contributed by atoms with Crippen molar-refractivity contribution >= 4 is 15.9 Å². The summed E-state index contributed by atoms with van der Waals surface area (Å²) in [6.07, 6.45) is 2.80. The van der Waals surface area contributed by atoms with Gasteiger partial charge in [0, 0.05) is 25.2 Å². The van der Waals surface area contributed by atoms with Crippen LogP contribution in [-0.4, -0.2) is 65.6 Å². The Morgan fingerprint density at radius 1 is 1.34 bits per heavy atom. The van der Waals surface area contributed by atoms with Crippen LogP contribution in [0.3, 0.4) is 0 Å². The number of nitrogens with zero attached hydrogens (tertiary/aromatic N) is 4. The lowest BCUT2D eigenvalue weighted by Gasteiger charge is -2.32. The van der Waals surface area contributed by atoms with Gasteiger partial charge in [-0.15, -0.1) is 5.10 Å². The molecule has 1 amide bonds. The monoisotopic (exact) mass is 421 g/mol. The third-order valence-electron chi connectivity index (χ3n) is 5.15. The van der Waals surface area contributed by atoms with Crippen LogP contribution in [0.2, 0.25) is 0 Å². The van der Waals surface area contributed by atoms with Crippen molar-refractivity contribution in [3.63, 3.8) is 0 Å². The number of carbonyl (C=O) groups is 1. The smallest absolute Gasteiger partial charge is 0.273 e. The predicted octanol–water partition coefficient (Wildman–Crippen LogP) is 1.52. The molecule has 2 aromatic rings. The van der Waals surface area contributed by atoms with Gasteiger partial charge in [-0.1, -0.05) is 17.7 Å². The number of rotatable bonds is 7. The van der Waals surface area contributed by atoms with Crippen molar-refractivity contribution in [1.29, 1.82) is 0 Å². The van der Waals surface area contributed by atoms with Crippen LogP contribution in [0.4, 0.5) is 0 Å². The lowest BCUT2D eigenvalue weighted by Crippen LogP contribution is -2.45. The zero-order chi connectivity index (χ0) is 21.0. The van der Waals surface area contributed by atoms with Crippen LogP contribution in [0.15, 0.2) is 24.3 Å². The zero-order valence-corrected chi connectivity index (χ0v) is 17.8. The second-order valence-corrected chi connectivity index (χ2v) is 9.21. The van der Waals surface area contributed by atoms with E-state index in [9.17, 15) is 13.2 Å². The largest absolute Gasteiger partial charge is 0.497 e. The van der Waals surface area contributed by atoms with Gasteiger partial charge in [0.2, 0.25) is 10.0 Å². The molecule has 1 saturated heterocycles. The van der Waals surface area contributed by atoms with E-state index in [1.165, 1.54) is 0 Å². The zero-order valence-electron chi connectivity index (χ0n) is 17.0. The summed E-state index contributed by atoms with van der Waals surface area (Å²) in [5.41, 5.74) is 1.44. The average molecular weight is 422 g/mol. The summed E-state index contributed by atoms with van der Waals surface area (Å²) in [6, 6.07) is 7.26. The molecule has 1 atom stereocenters. The van der Waals surface area contributed by atoms with Crippen LogP contribution in [0.5, 0.6) is 5.75 Å². The normalized spacial score (nSPS) is 17.8. The Kier molecular flexibility index (Phi) is 6.53. The van der Waals surface area contributed by atoms with E-state index >= 15 is 0 Å². The van der Waals surface area contributed by atoms with Crippen molar-refractivity contribution in [1.82, 2.24) is 24.6 Å². The summed E-state index contributed by atoms with van der Waals surface area (Å²) in [7, 11) is -1.83. The molecule has 9 nitrogen and oxygen atoms in total. The molecule has 0 bridgehead atoms. The van der Waals surface area contributed by atoms with Gasteiger partial charge in [0.05, 0.1) is 24.2 Å². The molecule has 29 heavy (non-hydrogen) atoms. The molecule has 0 unspecified atom stereocenters. The molecule has 2 heterocycles. The topological polar surface area (TPSA) is 106 Å². The Labute approximate surface area is 171 Å². The van der Waals surface area contributed by atoms with E-state index in [0.717, 1.165) is 24.9 Å². The van der Waals surface area contributed by atoms with Crippen molar-refractivity contribution in [2.45, 2.75) is 39.2 Å². The first-order chi connectivity index (χ1) is 13.8. The first kappa shape index (κ1) is 21.3. The summed E-state index contributed by atoms with van der Waals surface area (Å²) in [6.45, 7) is 4.23. The summed E-state index contributed by atoms with van der Waals surface area (Å²) in [4.78, 5) is 12.5. The number of amides is 1. The minimum Gasteiger partial charge on any atom is -0.497 e. The molecule has 158 valence electrons. The van der Waals surface area contributed by atoms with E-state index < -0.39 is 15.9 Å². The van der Waals surface area contributed by atoms with Gasteiger partial charge in [-0.3, -0.25) is 4.79 Å². The minimum atomic E-state index is -3.40. The molecule has 0 aliphatic carbocycles. The summed E-state index contributed by atoms with van der Waals surface area (Å²) in [5.74, 6) is 0.0886. The third-order valence-corrected chi connectivity index (χ3v) is 7.13. The molecule has 0 saturated carbocycles. The van der Waals surface area contributed by atoms with Gasteiger partial charge in [0.1, 0.15) is 5.75 Å². The number of carbonyl (C=O) groups excluding carboxylic acids is 1. The van der Waals surface area contributed by atoms with Gasteiger partial charge in [0.15, 0.2) is 5.69 Å². The molecular formula is C19H27N5O4S. The number of hydrogen-bond donors (Lipinski definition) is 1. The molecular weight excluding hydrogens is 394 g/mol. The van der Waals surface area contributed by atoms with Gasteiger partial charge in [-0.05, 0) is 38.8 Å². The maximum atomic E-state index is 12.6. The molecule has 0 spiro atoms. The van der Waals surface area contributed by atoms with Crippen molar-refractivity contribution in [2.24, 2.45) is 0 Å².